The Morgan fingerprint density at radius 2 is 0.620 bits per heavy atom. The number of hydrogen-bond donors (Lipinski definition) is 0. The minimum Gasteiger partial charge on any atom is -0.310 e. The molecule has 0 spiro atoms. The minimum atomic E-state index is 0.439. The summed E-state index contributed by atoms with van der Waals surface area (Å²) in [7, 11) is 0. The van der Waals surface area contributed by atoms with E-state index in [9.17, 15) is 10.5 Å². The largest absolute Gasteiger partial charge is 0.310 e. The average molecular weight is 917 g/mol. The molecule has 0 fully saturated rings. The Labute approximate surface area is 413 Å². The van der Waals surface area contributed by atoms with Gasteiger partial charge in [0.15, 0.2) is 0 Å². The highest BCUT2D eigenvalue weighted by atomic mass is 15.1. The van der Waals surface area contributed by atoms with Gasteiger partial charge in [-0.1, -0.05) is 99.6 Å². The van der Waals surface area contributed by atoms with Crippen molar-refractivity contribution in [3.63, 3.8) is 0 Å². The van der Waals surface area contributed by atoms with E-state index >= 15 is 0 Å². The Morgan fingerprint density at radius 1 is 0.380 bits per heavy atom. The van der Waals surface area contributed by atoms with Crippen LogP contribution < -0.4 is 0 Å². The van der Waals surface area contributed by atoms with Gasteiger partial charge in [-0.2, -0.15) is 10.5 Å². The lowest BCUT2D eigenvalue weighted by molar-refractivity contribution is 0.984. The van der Waals surface area contributed by atoms with Crippen molar-refractivity contribution in [1.29, 1.82) is 10.5 Å². The predicted molar refractivity (Wildman–Crippen MR) is 297 cm³/mol. The SMILES string of the molecule is C=C/C(C)=C\c1c(C)n(-c2c(C#N)c(-n3c4ccc(C)cc4c4cc(C)ccc43)c(-n3c4ccc(C)cc4c4cc(C)ccc43)c(C#N)c2-n2c3ccc(C)cc3c3cc(C)ccc32)c2ccc(C)cc12. The maximum atomic E-state index is 12.6. The molecule has 0 bridgehead atoms. The molecule has 342 valence electrons. The summed E-state index contributed by atoms with van der Waals surface area (Å²) in [5.74, 6) is 0. The predicted octanol–water partition coefficient (Wildman–Crippen LogP) is 16.7. The number of nitrogens with zero attached hydrogens (tertiary/aromatic N) is 6. The van der Waals surface area contributed by atoms with Crippen LogP contribution in [0.1, 0.15) is 68.3 Å². The number of nitriles is 2. The first kappa shape index (κ1) is 43.4. The number of rotatable bonds is 6. The van der Waals surface area contributed by atoms with E-state index in [-0.39, 0.29) is 0 Å². The number of aromatic nitrogens is 4. The summed E-state index contributed by atoms with van der Waals surface area (Å²) in [6, 6.07) is 51.9. The van der Waals surface area contributed by atoms with E-state index < -0.39 is 0 Å². The van der Waals surface area contributed by atoms with Crippen molar-refractivity contribution >= 4 is 82.4 Å². The zero-order chi connectivity index (χ0) is 49.3. The van der Waals surface area contributed by atoms with Crippen LogP contribution in [0.2, 0.25) is 0 Å². The lowest BCUT2D eigenvalue weighted by atomic mass is 9.98. The third kappa shape index (κ3) is 6.31. The standard InChI is InChI=1S/C65H52N6/c1-11-36(2)26-45-44(10)68(55-19-12-37(3)27-46(45)55)62-53(34-66)64(70-58-22-15-40(6)30-49(58)50-31-41(7)16-23-59(50)70)65(71-60-24-17-42(8)32-51(60)52-33-43(9)18-25-61(52)71)54(35-67)63(62)69-56-20-13-38(4)28-47(56)48-29-39(5)14-21-57(48)69/h11-33H,1H2,2-10H3/b36-26-. The molecule has 0 N–H and O–H groups in total. The molecule has 0 radical (unpaired) electrons. The van der Waals surface area contributed by atoms with Crippen LogP contribution in [0, 0.1) is 78.1 Å². The van der Waals surface area contributed by atoms with Crippen molar-refractivity contribution in [1.82, 2.24) is 18.3 Å². The molecule has 71 heavy (non-hydrogen) atoms. The molecule has 0 atom stereocenters. The van der Waals surface area contributed by atoms with E-state index in [4.69, 9.17) is 0 Å². The van der Waals surface area contributed by atoms with Gasteiger partial charge in [-0.15, -0.1) is 0 Å². The lowest BCUT2D eigenvalue weighted by Crippen LogP contribution is -2.17. The molecule has 8 aromatic carbocycles. The van der Waals surface area contributed by atoms with E-state index in [1.54, 1.807) is 0 Å². The van der Waals surface area contributed by atoms with Gasteiger partial charge in [0.1, 0.15) is 23.3 Å². The second-order valence-electron chi connectivity index (χ2n) is 19.9. The molecule has 0 aliphatic carbocycles. The number of allylic oxidation sites excluding steroid dienone is 2. The third-order valence-corrected chi connectivity index (χ3v) is 14.8. The minimum absolute atomic E-state index is 0.439. The summed E-state index contributed by atoms with van der Waals surface area (Å²) in [6.45, 7) is 23.2. The number of benzene rings is 8. The molecule has 0 aliphatic heterocycles. The Morgan fingerprint density at radius 3 is 0.873 bits per heavy atom. The maximum absolute atomic E-state index is 12.6. The second kappa shape index (κ2) is 15.9. The van der Waals surface area contributed by atoms with Crippen LogP contribution in [0.3, 0.4) is 0 Å². The van der Waals surface area contributed by atoms with Crippen molar-refractivity contribution in [2.45, 2.75) is 62.3 Å². The summed E-state index contributed by atoms with van der Waals surface area (Å²) in [6.07, 6.45) is 4.08. The zero-order valence-electron chi connectivity index (χ0n) is 41.7. The number of hydrogen-bond acceptors (Lipinski definition) is 2. The molecule has 0 saturated carbocycles. The topological polar surface area (TPSA) is 67.3 Å². The lowest BCUT2D eigenvalue weighted by Gasteiger charge is -2.27. The molecule has 12 aromatic rings. The molecule has 0 unspecified atom stereocenters. The van der Waals surface area contributed by atoms with Crippen LogP contribution in [0.4, 0.5) is 0 Å². The summed E-state index contributed by atoms with van der Waals surface area (Å²) in [4.78, 5) is 0. The van der Waals surface area contributed by atoms with Crippen molar-refractivity contribution in [2.75, 3.05) is 0 Å². The van der Waals surface area contributed by atoms with Crippen LogP contribution in [0.15, 0.2) is 146 Å². The normalized spacial score (nSPS) is 12.1. The van der Waals surface area contributed by atoms with Crippen molar-refractivity contribution < 1.29 is 0 Å². The highest BCUT2D eigenvalue weighted by molar-refractivity contribution is 6.15. The monoisotopic (exact) mass is 916 g/mol. The Bertz CT molecular complexity index is 4300. The van der Waals surface area contributed by atoms with Gasteiger partial charge in [0, 0.05) is 49.0 Å². The van der Waals surface area contributed by atoms with Crippen molar-refractivity contribution in [3.8, 4) is 34.9 Å². The van der Waals surface area contributed by atoms with E-state index in [0.717, 1.165) is 132 Å². The Balaban J connectivity index is 1.44. The molecule has 12 rings (SSSR count). The molecule has 0 saturated heterocycles. The van der Waals surface area contributed by atoms with E-state index in [1.165, 1.54) is 0 Å². The van der Waals surface area contributed by atoms with Crippen LogP contribution >= 0.6 is 0 Å². The van der Waals surface area contributed by atoms with Crippen molar-refractivity contribution in [3.05, 3.63) is 207 Å². The van der Waals surface area contributed by atoms with Gasteiger partial charge in [0.2, 0.25) is 0 Å². The third-order valence-electron chi connectivity index (χ3n) is 14.8. The van der Waals surface area contributed by atoms with Gasteiger partial charge in [-0.3, -0.25) is 0 Å². The fourth-order valence-corrected chi connectivity index (χ4v) is 11.6. The molecule has 4 heterocycles. The fourth-order valence-electron chi connectivity index (χ4n) is 11.6. The molecule has 0 amide bonds. The quantitative estimate of drug-likeness (QED) is 0.156. The van der Waals surface area contributed by atoms with E-state index in [0.29, 0.717) is 33.9 Å². The average Bonchev–Trinajstić information content (AvgIpc) is 4.03. The first-order valence-corrected chi connectivity index (χ1v) is 24.3. The zero-order valence-corrected chi connectivity index (χ0v) is 41.7. The highest BCUT2D eigenvalue weighted by Gasteiger charge is 2.35. The van der Waals surface area contributed by atoms with E-state index in [1.807, 2.05) is 6.08 Å². The fraction of sp³-hybridized carbons (Fsp3) is 0.138. The van der Waals surface area contributed by atoms with Crippen molar-refractivity contribution in [2.24, 2.45) is 0 Å². The van der Waals surface area contributed by atoms with Crippen LogP contribution in [-0.4, -0.2) is 18.3 Å². The second-order valence-corrected chi connectivity index (χ2v) is 19.9. The van der Waals surface area contributed by atoms with Gasteiger partial charge in [-0.05, 0) is 153 Å². The molecular formula is C65H52N6. The summed E-state index contributed by atoms with van der Waals surface area (Å²) in [5.41, 5.74) is 21.0. The van der Waals surface area contributed by atoms with Gasteiger partial charge in [0.25, 0.3) is 0 Å². The summed E-state index contributed by atoms with van der Waals surface area (Å²) >= 11 is 0. The van der Waals surface area contributed by atoms with Crippen LogP contribution in [0.5, 0.6) is 0 Å². The molecular weight excluding hydrogens is 865 g/mol. The van der Waals surface area contributed by atoms with Gasteiger partial charge < -0.3 is 18.3 Å². The van der Waals surface area contributed by atoms with Crippen LogP contribution in [0.25, 0.3) is 105 Å². The molecule has 6 heteroatoms. The molecule has 4 aromatic heterocycles. The number of aryl methyl sites for hydroxylation is 7. The smallest absolute Gasteiger partial charge is 0.104 e. The van der Waals surface area contributed by atoms with E-state index in [2.05, 4.69) is 233 Å². The Kier molecular flexibility index (Phi) is 9.70. The highest BCUT2D eigenvalue weighted by Crippen LogP contribution is 2.49. The summed E-state index contributed by atoms with van der Waals surface area (Å²) < 4.78 is 9.09. The van der Waals surface area contributed by atoms with Crippen LogP contribution in [-0.2, 0) is 0 Å². The first-order chi connectivity index (χ1) is 34.3. The van der Waals surface area contributed by atoms with Gasteiger partial charge in [0.05, 0.1) is 61.4 Å². The Hall–Kier alpha value is -8.84. The first-order valence-electron chi connectivity index (χ1n) is 24.3. The maximum Gasteiger partial charge on any atom is 0.104 e. The summed E-state index contributed by atoms with van der Waals surface area (Å²) in [5, 5.41) is 32.7. The molecule has 6 nitrogen and oxygen atoms in total. The molecule has 0 aliphatic rings. The number of fused-ring (bicyclic) bond motifs is 10. The van der Waals surface area contributed by atoms with Gasteiger partial charge >= 0.3 is 0 Å². The van der Waals surface area contributed by atoms with Gasteiger partial charge in [-0.25, -0.2) is 0 Å².